The third-order valence-electron chi connectivity index (χ3n) is 3.46. The van der Waals surface area contributed by atoms with Gasteiger partial charge in [-0.05, 0) is 40.2 Å². The highest BCUT2D eigenvalue weighted by atomic mass is 79.9. The molecular formula is C15H9BrClF3N4O. The van der Waals surface area contributed by atoms with Crippen molar-refractivity contribution >= 4 is 50.2 Å². The number of pyridine rings is 1. The molecular weight excluding hydrogens is 425 g/mol. The van der Waals surface area contributed by atoms with Crippen LogP contribution in [-0.2, 0) is 13.2 Å². The summed E-state index contributed by atoms with van der Waals surface area (Å²) in [5.41, 5.74) is -0.0176. The van der Waals surface area contributed by atoms with Crippen molar-refractivity contribution in [2.75, 3.05) is 5.32 Å². The summed E-state index contributed by atoms with van der Waals surface area (Å²) in [6.45, 7) is 0. The first-order valence-corrected chi connectivity index (χ1v) is 8.01. The van der Waals surface area contributed by atoms with E-state index in [1.807, 2.05) is 0 Å². The first-order valence-electron chi connectivity index (χ1n) is 6.84. The van der Waals surface area contributed by atoms with Crippen molar-refractivity contribution in [1.29, 1.82) is 0 Å². The number of alkyl halides is 3. The Labute approximate surface area is 152 Å². The zero-order valence-corrected chi connectivity index (χ0v) is 14.9. The summed E-state index contributed by atoms with van der Waals surface area (Å²) in [6.07, 6.45) is -3.15. The fourth-order valence-electron chi connectivity index (χ4n) is 2.24. The number of amides is 1. The van der Waals surface area contributed by atoms with Crippen LogP contribution in [0, 0.1) is 0 Å². The fraction of sp³-hybridized carbons (Fsp3) is 0.133. The van der Waals surface area contributed by atoms with Gasteiger partial charge in [-0.1, -0.05) is 11.6 Å². The van der Waals surface area contributed by atoms with Gasteiger partial charge in [-0.25, -0.2) is 9.67 Å². The van der Waals surface area contributed by atoms with Gasteiger partial charge in [0, 0.05) is 18.9 Å². The lowest BCUT2D eigenvalue weighted by atomic mass is 10.2. The maximum atomic E-state index is 12.6. The Morgan fingerprint density at radius 2 is 1.92 bits per heavy atom. The van der Waals surface area contributed by atoms with Crippen molar-refractivity contribution in [3.63, 3.8) is 0 Å². The largest absolute Gasteiger partial charge is 0.416 e. The van der Waals surface area contributed by atoms with Crippen LogP contribution in [-0.4, -0.2) is 20.7 Å². The lowest BCUT2D eigenvalue weighted by molar-refractivity contribution is -0.137. The molecule has 1 aromatic carbocycles. The Balaban J connectivity index is 1.90. The molecule has 1 amide bonds. The summed E-state index contributed by atoms with van der Waals surface area (Å²) in [6, 6.07) is 4.11. The average Bonchev–Trinajstić information content (AvgIpc) is 2.82. The Kier molecular flexibility index (Phi) is 4.46. The third-order valence-corrected chi connectivity index (χ3v) is 4.41. The second-order valence-corrected chi connectivity index (χ2v) is 6.26. The zero-order valence-electron chi connectivity index (χ0n) is 12.5. The van der Waals surface area contributed by atoms with Gasteiger partial charge in [-0.15, -0.1) is 0 Å². The van der Waals surface area contributed by atoms with Crippen LogP contribution >= 0.6 is 27.5 Å². The fourth-order valence-corrected chi connectivity index (χ4v) is 3.27. The van der Waals surface area contributed by atoms with E-state index in [0.29, 0.717) is 15.6 Å². The van der Waals surface area contributed by atoms with E-state index >= 15 is 0 Å². The number of hydrogen-bond acceptors (Lipinski definition) is 3. The predicted molar refractivity (Wildman–Crippen MR) is 90.6 cm³/mol. The molecule has 0 fully saturated rings. The number of aromatic nitrogens is 3. The molecule has 3 rings (SSSR count). The second kappa shape index (κ2) is 6.30. The van der Waals surface area contributed by atoms with Gasteiger partial charge < -0.3 is 5.32 Å². The lowest BCUT2D eigenvalue weighted by Gasteiger charge is -2.09. The van der Waals surface area contributed by atoms with Crippen LogP contribution in [0.2, 0.25) is 5.02 Å². The van der Waals surface area contributed by atoms with Crippen molar-refractivity contribution in [1.82, 2.24) is 14.8 Å². The van der Waals surface area contributed by atoms with Gasteiger partial charge in [-0.3, -0.25) is 4.79 Å². The van der Waals surface area contributed by atoms with Gasteiger partial charge >= 0.3 is 6.18 Å². The summed E-state index contributed by atoms with van der Waals surface area (Å²) >= 11 is 9.52. The highest BCUT2D eigenvalue weighted by Gasteiger charge is 2.30. The molecule has 0 spiro atoms. The number of hydrogen-bond donors (Lipinski definition) is 1. The maximum Gasteiger partial charge on any atom is 0.416 e. The number of benzene rings is 1. The van der Waals surface area contributed by atoms with E-state index in [0.717, 1.165) is 12.1 Å². The van der Waals surface area contributed by atoms with E-state index in [1.165, 1.54) is 23.0 Å². The molecule has 0 unspecified atom stereocenters. The molecule has 5 nitrogen and oxygen atoms in total. The number of anilines is 1. The lowest BCUT2D eigenvalue weighted by Crippen LogP contribution is -2.13. The minimum Gasteiger partial charge on any atom is -0.322 e. The first kappa shape index (κ1) is 17.7. The Hall–Kier alpha value is -2.13. The topological polar surface area (TPSA) is 59.8 Å². The average molecular weight is 434 g/mol. The molecule has 0 aliphatic heterocycles. The molecule has 0 atom stereocenters. The van der Waals surface area contributed by atoms with Gasteiger partial charge in [0.25, 0.3) is 5.91 Å². The number of carbonyl (C=O) groups excluding carboxylic acids is 1. The van der Waals surface area contributed by atoms with Crippen LogP contribution in [0.5, 0.6) is 0 Å². The number of fused-ring (bicyclic) bond motifs is 1. The Bertz CT molecular complexity index is 970. The highest BCUT2D eigenvalue weighted by molar-refractivity contribution is 9.10. The summed E-state index contributed by atoms with van der Waals surface area (Å²) in [4.78, 5) is 16.5. The molecule has 0 aliphatic carbocycles. The molecule has 0 saturated heterocycles. The van der Waals surface area contributed by atoms with Crippen LogP contribution in [0.3, 0.4) is 0 Å². The molecule has 2 aromatic heterocycles. The van der Waals surface area contributed by atoms with Crippen molar-refractivity contribution in [2.24, 2.45) is 7.05 Å². The molecule has 0 saturated carbocycles. The summed E-state index contributed by atoms with van der Waals surface area (Å²) in [5, 5.41) is 7.24. The van der Waals surface area contributed by atoms with Gasteiger partial charge in [0.15, 0.2) is 5.65 Å². The Morgan fingerprint density at radius 3 is 2.52 bits per heavy atom. The standard InChI is InChI=1S/C15H9BrClF3N4O/c1-24-13-10(12(16)23-24)11(17)9(6-21-13)14(25)22-8-4-2-7(3-5-8)15(18,19)20/h2-6H,1H3,(H,22,25). The van der Waals surface area contributed by atoms with Crippen molar-refractivity contribution in [2.45, 2.75) is 6.18 Å². The van der Waals surface area contributed by atoms with Gasteiger partial charge in [0.2, 0.25) is 0 Å². The molecule has 0 aliphatic rings. The maximum absolute atomic E-state index is 12.6. The molecule has 0 radical (unpaired) electrons. The normalized spacial score (nSPS) is 11.8. The summed E-state index contributed by atoms with van der Waals surface area (Å²) < 4.78 is 39.6. The first-order chi connectivity index (χ1) is 11.7. The van der Waals surface area contributed by atoms with E-state index in [2.05, 4.69) is 31.3 Å². The number of aryl methyl sites for hydroxylation is 1. The highest BCUT2D eigenvalue weighted by Crippen LogP contribution is 2.32. The molecule has 10 heteroatoms. The van der Waals surface area contributed by atoms with E-state index < -0.39 is 17.6 Å². The molecule has 25 heavy (non-hydrogen) atoms. The van der Waals surface area contributed by atoms with Crippen LogP contribution in [0.25, 0.3) is 11.0 Å². The van der Waals surface area contributed by atoms with Gasteiger partial charge in [0.1, 0.15) is 4.60 Å². The van der Waals surface area contributed by atoms with Gasteiger partial charge in [-0.2, -0.15) is 18.3 Å². The van der Waals surface area contributed by atoms with Crippen LogP contribution in [0.15, 0.2) is 35.1 Å². The van der Waals surface area contributed by atoms with E-state index in [9.17, 15) is 18.0 Å². The summed E-state index contributed by atoms with van der Waals surface area (Å²) in [7, 11) is 1.68. The molecule has 130 valence electrons. The minimum absolute atomic E-state index is 0.0859. The molecule has 1 N–H and O–H groups in total. The van der Waals surface area contributed by atoms with Crippen molar-refractivity contribution in [3.05, 3.63) is 51.2 Å². The van der Waals surface area contributed by atoms with Crippen LogP contribution in [0.1, 0.15) is 15.9 Å². The molecule has 0 bridgehead atoms. The van der Waals surface area contributed by atoms with E-state index in [1.54, 1.807) is 7.05 Å². The van der Waals surface area contributed by atoms with Crippen molar-refractivity contribution < 1.29 is 18.0 Å². The molecule has 2 heterocycles. The number of rotatable bonds is 2. The van der Waals surface area contributed by atoms with Crippen LogP contribution in [0.4, 0.5) is 18.9 Å². The predicted octanol–water partition coefficient (Wildman–Crippen LogP) is 4.66. The smallest absolute Gasteiger partial charge is 0.322 e. The summed E-state index contributed by atoms with van der Waals surface area (Å²) in [5.74, 6) is -0.588. The third kappa shape index (κ3) is 3.34. The minimum atomic E-state index is -4.44. The van der Waals surface area contributed by atoms with Gasteiger partial charge in [0.05, 0.1) is 21.5 Å². The number of nitrogens with one attached hydrogen (secondary N) is 1. The monoisotopic (exact) mass is 432 g/mol. The zero-order chi connectivity index (χ0) is 18.4. The van der Waals surface area contributed by atoms with E-state index in [-0.39, 0.29) is 16.3 Å². The van der Waals surface area contributed by atoms with Crippen molar-refractivity contribution in [3.8, 4) is 0 Å². The quantitative estimate of drug-likeness (QED) is 0.640. The number of carbonyl (C=O) groups is 1. The Morgan fingerprint density at radius 1 is 1.28 bits per heavy atom. The SMILES string of the molecule is Cn1nc(Br)c2c(Cl)c(C(=O)Nc3ccc(C(F)(F)F)cc3)cnc21. The van der Waals surface area contributed by atoms with E-state index in [4.69, 9.17) is 11.6 Å². The second-order valence-electron chi connectivity index (χ2n) is 5.13. The number of nitrogens with zero attached hydrogens (tertiary/aromatic N) is 3. The van der Waals surface area contributed by atoms with Crippen LogP contribution < -0.4 is 5.32 Å². The molecule has 3 aromatic rings. The number of halogens is 5.